The Hall–Kier alpha value is -1.16. The summed E-state index contributed by atoms with van der Waals surface area (Å²) in [6.07, 6.45) is 9.35. The highest BCUT2D eigenvalue weighted by Crippen LogP contribution is 2.75. The Kier molecular flexibility index (Phi) is 5.04. The first-order valence-electron chi connectivity index (χ1n) is 13.7. The molecule has 34 heavy (non-hydrogen) atoms. The summed E-state index contributed by atoms with van der Waals surface area (Å²) < 4.78 is 0. The molecule has 0 amide bonds. The molecule has 5 rings (SSSR count). The predicted molar refractivity (Wildman–Crippen MR) is 133 cm³/mol. The van der Waals surface area contributed by atoms with Gasteiger partial charge in [-0.2, -0.15) is 0 Å². The monoisotopic (exact) mass is 470 g/mol. The van der Waals surface area contributed by atoms with Gasteiger partial charge < -0.3 is 10.2 Å². The molecule has 0 aromatic carbocycles. The number of aliphatic hydroxyl groups excluding tert-OH is 1. The van der Waals surface area contributed by atoms with E-state index in [-0.39, 0.29) is 33.5 Å². The molecule has 4 heteroatoms. The van der Waals surface area contributed by atoms with Crippen LogP contribution in [0.15, 0.2) is 11.6 Å². The molecule has 4 nitrogen and oxygen atoms in total. The summed E-state index contributed by atoms with van der Waals surface area (Å²) >= 11 is 0. The summed E-state index contributed by atoms with van der Waals surface area (Å²) in [5.74, 6) is 0.143. The van der Waals surface area contributed by atoms with Crippen LogP contribution < -0.4 is 0 Å². The van der Waals surface area contributed by atoms with Crippen molar-refractivity contribution < 1.29 is 19.8 Å². The topological polar surface area (TPSA) is 74.6 Å². The molecule has 190 valence electrons. The Bertz CT molecular complexity index is 961. The number of carboxylic acids is 1. The number of aliphatic hydroxyl groups is 1. The summed E-state index contributed by atoms with van der Waals surface area (Å²) in [4.78, 5) is 25.7. The molecule has 0 spiro atoms. The quantitative estimate of drug-likeness (QED) is 0.434. The van der Waals surface area contributed by atoms with E-state index in [1.807, 2.05) is 0 Å². The maximum Gasteiger partial charge on any atom is 0.310 e. The third kappa shape index (κ3) is 2.81. The summed E-state index contributed by atoms with van der Waals surface area (Å²) in [5.41, 5.74) is 0.0744. The number of Topliss-reactive ketones (excluding diaryl/α,β-unsaturated/α-hetero) is 1. The zero-order valence-corrected chi connectivity index (χ0v) is 22.5. The van der Waals surface area contributed by atoms with Gasteiger partial charge in [-0.05, 0) is 84.9 Å². The second kappa shape index (κ2) is 6.99. The van der Waals surface area contributed by atoms with Crippen LogP contribution in [-0.4, -0.2) is 28.1 Å². The fraction of sp³-hybridized carbons (Fsp3) is 0.867. The molecule has 8 atom stereocenters. The molecule has 0 bridgehead atoms. The Morgan fingerprint density at radius 3 is 2.24 bits per heavy atom. The summed E-state index contributed by atoms with van der Waals surface area (Å²) in [7, 11) is 0. The van der Waals surface area contributed by atoms with E-state index in [2.05, 4.69) is 54.5 Å². The van der Waals surface area contributed by atoms with Gasteiger partial charge in [0.1, 0.15) is 5.78 Å². The summed E-state index contributed by atoms with van der Waals surface area (Å²) in [5, 5.41) is 22.2. The Morgan fingerprint density at radius 2 is 1.59 bits per heavy atom. The van der Waals surface area contributed by atoms with Gasteiger partial charge >= 0.3 is 5.97 Å². The summed E-state index contributed by atoms with van der Waals surface area (Å²) in [6.45, 7) is 15.9. The lowest BCUT2D eigenvalue weighted by atomic mass is 9.33. The van der Waals surface area contributed by atoms with Crippen molar-refractivity contribution in [3.63, 3.8) is 0 Å². The van der Waals surface area contributed by atoms with E-state index in [0.29, 0.717) is 24.5 Å². The maximum atomic E-state index is 12.9. The lowest BCUT2D eigenvalue weighted by Crippen LogP contribution is -2.68. The Morgan fingerprint density at radius 1 is 0.941 bits per heavy atom. The normalized spacial score (nSPS) is 51.3. The number of carbonyl (C=O) groups is 2. The van der Waals surface area contributed by atoms with Crippen LogP contribution in [0.5, 0.6) is 0 Å². The number of carboxylic acid groups (broad SMARTS) is 1. The first kappa shape index (κ1) is 24.5. The standard InChI is InChI=1S/C30H46O4/c1-25(2)12-14-30(24(33)34)15-13-28(6)18(19(30)16-25)8-9-21-27(5)11-10-22(32)26(3,4)23(27)20(31)17-29(21,28)7/h8,19-21,23,31H,9-17H2,1-7H3,(H,33,34)/t19-,20-,21+,23-,27+,28+,29+,30-/m0/s1. The molecular weight excluding hydrogens is 424 g/mol. The van der Waals surface area contributed by atoms with Gasteiger partial charge in [-0.3, -0.25) is 9.59 Å². The van der Waals surface area contributed by atoms with E-state index in [0.717, 1.165) is 44.9 Å². The molecule has 4 saturated carbocycles. The third-order valence-corrected chi connectivity index (χ3v) is 12.7. The number of allylic oxidation sites excluding steroid dienone is 2. The Balaban J connectivity index is 1.63. The number of carbonyl (C=O) groups excluding carboxylic acids is 1. The van der Waals surface area contributed by atoms with E-state index in [9.17, 15) is 19.8 Å². The van der Waals surface area contributed by atoms with Crippen molar-refractivity contribution in [3.8, 4) is 0 Å². The van der Waals surface area contributed by atoms with Gasteiger partial charge in [-0.25, -0.2) is 0 Å². The van der Waals surface area contributed by atoms with E-state index in [4.69, 9.17) is 0 Å². The van der Waals surface area contributed by atoms with Crippen LogP contribution in [0, 0.1) is 50.2 Å². The van der Waals surface area contributed by atoms with Crippen molar-refractivity contribution in [2.75, 3.05) is 0 Å². The number of ketones is 1. The van der Waals surface area contributed by atoms with Gasteiger partial charge in [-0.1, -0.05) is 60.1 Å². The van der Waals surface area contributed by atoms with Crippen LogP contribution in [0.1, 0.15) is 106 Å². The molecule has 2 N–H and O–H groups in total. The van der Waals surface area contributed by atoms with E-state index in [1.165, 1.54) is 5.57 Å². The first-order chi connectivity index (χ1) is 15.6. The van der Waals surface area contributed by atoms with Crippen LogP contribution >= 0.6 is 0 Å². The molecular formula is C30H46O4. The molecule has 4 fully saturated rings. The number of hydrogen-bond acceptors (Lipinski definition) is 3. The van der Waals surface area contributed by atoms with Crippen molar-refractivity contribution in [2.45, 2.75) is 112 Å². The molecule has 0 radical (unpaired) electrons. The molecule has 0 unspecified atom stereocenters. The minimum Gasteiger partial charge on any atom is -0.481 e. The first-order valence-corrected chi connectivity index (χ1v) is 13.7. The highest BCUT2D eigenvalue weighted by Gasteiger charge is 2.71. The fourth-order valence-electron chi connectivity index (χ4n) is 10.6. The van der Waals surface area contributed by atoms with E-state index in [1.54, 1.807) is 0 Å². The van der Waals surface area contributed by atoms with Gasteiger partial charge in [0, 0.05) is 17.8 Å². The lowest BCUT2D eigenvalue weighted by Gasteiger charge is -2.71. The van der Waals surface area contributed by atoms with Gasteiger partial charge in [-0.15, -0.1) is 0 Å². The third-order valence-electron chi connectivity index (χ3n) is 12.7. The lowest BCUT2D eigenvalue weighted by molar-refractivity contribution is -0.220. The number of hydrogen-bond donors (Lipinski definition) is 2. The van der Waals surface area contributed by atoms with Crippen LogP contribution in [0.2, 0.25) is 0 Å². The second-order valence-electron chi connectivity index (χ2n) is 15.0. The average molecular weight is 471 g/mol. The number of aliphatic carboxylic acids is 1. The van der Waals surface area contributed by atoms with Gasteiger partial charge in [0.15, 0.2) is 0 Å². The van der Waals surface area contributed by atoms with E-state index >= 15 is 0 Å². The highest BCUT2D eigenvalue weighted by atomic mass is 16.4. The molecule has 0 saturated heterocycles. The zero-order valence-electron chi connectivity index (χ0n) is 22.5. The van der Waals surface area contributed by atoms with Crippen LogP contribution in [-0.2, 0) is 9.59 Å². The molecule has 0 heterocycles. The van der Waals surface area contributed by atoms with E-state index < -0.39 is 22.9 Å². The molecule has 0 aromatic rings. The smallest absolute Gasteiger partial charge is 0.310 e. The number of rotatable bonds is 1. The fourth-order valence-corrected chi connectivity index (χ4v) is 10.6. The average Bonchev–Trinajstić information content (AvgIpc) is 2.70. The van der Waals surface area contributed by atoms with Crippen molar-refractivity contribution >= 4 is 11.8 Å². The van der Waals surface area contributed by atoms with Gasteiger partial charge in [0.25, 0.3) is 0 Å². The maximum absolute atomic E-state index is 12.9. The van der Waals surface area contributed by atoms with Gasteiger partial charge in [0.05, 0.1) is 11.5 Å². The molecule has 0 aromatic heterocycles. The van der Waals surface area contributed by atoms with Crippen molar-refractivity contribution in [1.29, 1.82) is 0 Å². The minimum absolute atomic E-state index is 0.0202. The number of fused-ring (bicyclic) bond motifs is 7. The van der Waals surface area contributed by atoms with Crippen LogP contribution in [0.25, 0.3) is 0 Å². The highest BCUT2D eigenvalue weighted by molar-refractivity contribution is 5.85. The molecule has 5 aliphatic carbocycles. The zero-order chi connectivity index (χ0) is 25.1. The SMILES string of the molecule is CC1(C)CC[C@]2(C(=O)O)CC[C@]3(C)C(=CC[C@@H]4[C@@]5(C)CCC(=O)C(C)(C)[C@@H]5[C@@H](O)C[C@]43C)[C@@H]2C1. The largest absolute Gasteiger partial charge is 0.481 e. The van der Waals surface area contributed by atoms with Crippen LogP contribution in [0.4, 0.5) is 0 Å². The minimum atomic E-state index is -0.636. The second-order valence-corrected chi connectivity index (χ2v) is 15.0. The van der Waals surface area contributed by atoms with Crippen molar-refractivity contribution in [3.05, 3.63) is 11.6 Å². The van der Waals surface area contributed by atoms with Crippen LogP contribution in [0.3, 0.4) is 0 Å². The van der Waals surface area contributed by atoms with Crippen molar-refractivity contribution in [2.24, 2.45) is 50.2 Å². The predicted octanol–water partition coefficient (Wildman–Crippen LogP) is 6.41. The molecule has 5 aliphatic rings. The van der Waals surface area contributed by atoms with Crippen molar-refractivity contribution in [1.82, 2.24) is 0 Å². The Labute approximate surface area is 206 Å². The van der Waals surface area contributed by atoms with Gasteiger partial charge in [0.2, 0.25) is 0 Å². The molecule has 0 aliphatic heterocycles. The summed E-state index contributed by atoms with van der Waals surface area (Å²) in [6, 6.07) is 0.